The van der Waals surface area contributed by atoms with Crippen molar-refractivity contribution in [1.82, 2.24) is 4.57 Å². The van der Waals surface area contributed by atoms with Gasteiger partial charge in [0.05, 0.1) is 12.3 Å². The van der Waals surface area contributed by atoms with Gasteiger partial charge in [-0.25, -0.2) is 0 Å². The molecule has 16 heavy (non-hydrogen) atoms. The van der Waals surface area contributed by atoms with Gasteiger partial charge in [0.1, 0.15) is 10.9 Å². The largest absolute Gasteiger partial charge is 0.493 e. The molecule has 0 N–H and O–H groups in total. The van der Waals surface area contributed by atoms with Crippen LogP contribution < -0.4 is 4.74 Å². The molecule has 0 unspecified atom stereocenters. The summed E-state index contributed by atoms with van der Waals surface area (Å²) in [6.07, 6.45) is 0. The Bertz CT molecular complexity index is 490. The van der Waals surface area contributed by atoms with Crippen LogP contribution in [0.5, 0.6) is 5.75 Å². The molecule has 2 aromatic rings. The van der Waals surface area contributed by atoms with Crippen LogP contribution in [0, 0.1) is 0 Å². The normalized spacial score (nSPS) is 10.4. The Kier molecular flexibility index (Phi) is 3.20. The van der Waals surface area contributed by atoms with Gasteiger partial charge in [-0.05, 0) is 31.2 Å². The molecule has 0 saturated carbocycles. The highest BCUT2D eigenvalue weighted by Crippen LogP contribution is 2.31. The van der Waals surface area contributed by atoms with E-state index in [1.807, 2.05) is 54.9 Å². The molecule has 3 heteroatoms. The average molecular weight is 236 g/mol. The van der Waals surface area contributed by atoms with E-state index in [1.54, 1.807) is 0 Å². The van der Waals surface area contributed by atoms with E-state index in [-0.39, 0.29) is 0 Å². The van der Waals surface area contributed by atoms with E-state index in [0.29, 0.717) is 6.61 Å². The molecular weight excluding hydrogens is 222 g/mol. The van der Waals surface area contributed by atoms with Crippen LogP contribution in [0.3, 0.4) is 0 Å². The van der Waals surface area contributed by atoms with Crippen LogP contribution in [0.1, 0.15) is 6.92 Å². The smallest absolute Gasteiger partial charge is 0.128 e. The van der Waals surface area contributed by atoms with Crippen molar-refractivity contribution in [3.8, 4) is 17.0 Å². The van der Waals surface area contributed by atoms with Crippen LogP contribution in [-0.2, 0) is 7.05 Å². The van der Waals surface area contributed by atoms with Gasteiger partial charge in [-0.1, -0.05) is 23.7 Å². The van der Waals surface area contributed by atoms with Crippen molar-refractivity contribution in [2.75, 3.05) is 6.61 Å². The minimum absolute atomic E-state index is 0.662. The Labute approximate surface area is 100 Å². The first-order valence-electron chi connectivity index (χ1n) is 5.27. The van der Waals surface area contributed by atoms with Gasteiger partial charge in [-0.15, -0.1) is 0 Å². The maximum absolute atomic E-state index is 6.03. The zero-order chi connectivity index (χ0) is 11.5. The fourth-order valence-corrected chi connectivity index (χ4v) is 1.87. The van der Waals surface area contributed by atoms with E-state index >= 15 is 0 Å². The lowest BCUT2D eigenvalue weighted by molar-refractivity contribution is 0.341. The standard InChI is InChI=1S/C13H14ClNO/c1-3-16-12-7-5-4-6-10(12)11-8-9-13(14)15(11)2/h4-9H,3H2,1-2H3. The highest BCUT2D eigenvalue weighted by atomic mass is 35.5. The molecule has 2 rings (SSSR count). The van der Waals surface area contributed by atoms with Crippen molar-refractivity contribution in [2.45, 2.75) is 6.92 Å². The van der Waals surface area contributed by atoms with Crippen molar-refractivity contribution in [3.63, 3.8) is 0 Å². The molecule has 0 aliphatic rings. The number of hydrogen-bond acceptors (Lipinski definition) is 1. The lowest BCUT2D eigenvalue weighted by Crippen LogP contribution is -1.97. The van der Waals surface area contributed by atoms with Gasteiger partial charge in [-0.3, -0.25) is 0 Å². The number of ether oxygens (including phenoxy) is 1. The van der Waals surface area contributed by atoms with Gasteiger partial charge in [0.25, 0.3) is 0 Å². The third-order valence-electron chi connectivity index (χ3n) is 2.52. The topological polar surface area (TPSA) is 14.2 Å². The number of aromatic nitrogens is 1. The van der Waals surface area contributed by atoms with Crippen LogP contribution in [-0.4, -0.2) is 11.2 Å². The molecule has 0 aliphatic heterocycles. The lowest BCUT2D eigenvalue weighted by Gasteiger charge is -2.10. The molecule has 0 aliphatic carbocycles. The summed E-state index contributed by atoms with van der Waals surface area (Å²) in [6, 6.07) is 11.9. The second kappa shape index (κ2) is 4.62. The first kappa shape index (κ1) is 11.1. The number of halogens is 1. The van der Waals surface area contributed by atoms with E-state index in [1.165, 1.54) is 0 Å². The summed E-state index contributed by atoms with van der Waals surface area (Å²) in [6.45, 7) is 2.64. The quantitative estimate of drug-likeness (QED) is 0.791. The Hall–Kier alpha value is -1.41. The Morgan fingerprint density at radius 2 is 1.94 bits per heavy atom. The molecule has 0 radical (unpaired) electrons. The van der Waals surface area contributed by atoms with Crippen LogP contribution in [0.2, 0.25) is 5.15 Å². The summed E-state index contributed by atoms with van der Waals surface area (Å²) in [5, 5.41) is 0.723. The molecule has 0 spiro atoms. The van der Waals surface area contributed by atoms with Gasteiger partial charge in [-0.2, -0.15) is 0 Å². The van der Waals surface area contributed by atoms with Gasteiger partial charge in [0, 0.05) is 12.6 Å². The van der Waals surface area contributed by atoms with Crippen molar-refractivity contribution in [2.24, 2.45) is 7.05 Å². The fraction of sp³-hybridized carbons (Fsp3) is 0.231. The monoisotopic (exact) mass is 235 g/mol. The first-order chi connectivity index (χ1) is 7.74. The minimum Gasteiger partial charge on any atom is -0.493 e. The van der Waals surface area contributed by atoms with E-state index in [0.717, 1.165) is 22.2 Å². The van der Waals surface area contributed by atoms with Crippen molar-refractivity contribution >= 4 is 11.6 Å². The van der Waals surface area contributed by atoms with E-state index < -0.39 is 0 Å². The van der Waals surface area contributed by atoms with Crippen LogP contribution >= 0.6 is 11.6 Å². The molecule has 1 aromatic carbocycles. The second-order valence-corrected chi connectivity index (χ2v) is 3.92. The zero-order valence-electron chi connectivity index (χ0n) is 9.40. The highest BCUT2D eigenvalue weighted by Gasteiger charge is 2.09. The average Bonchev–Trinajstić information content (AvgIpc) is 2.61. The van der Waals surface area contributed by atoms with E-state index in [9.17, 15) is 0 Å². The number of rotatable bonds is 3. The molecule has 0 fully saturated rings. The summed E-state index contributed by atoms with van der Waals surface area (Å²) in [5.74, 6) is 0.892. The Morgan fingerprint density at radius 1 is 1.19 bits per heavy atom. The summed E-state index contributed by atoms with van der Waals surface area (Å²) < 4.78 is 7.54. The highest BCUT2D eigenvalue weighted by molar-refractivity contribution is 6.29. The molecular formula is C13H14ClNO. The molecule has 0 atom stereocenters. The molecule has 2 nitrogen and oxygen atoms in total. The second-order valence-electron chi connectivity index (χ2n) is 3.53. The summed E-state index contributed by atoms with van der Waals surface area (Å²) in [7, 11) is 1.94. The number of nitrogens with zero attached hydrogens (tertiary/aromatic N) is 1. The zero-order valence-corrected chi connectivity index (χ0v) is 10.2. The lowest BCUT2D eigenvalue weighted by atomic mass is 10.1. The third kappa shape index (κ3) is 1.93. The van der Waals surface area contributed by atoms with Gasteiger partial charge in [0.15, 0.2) is 0 Å². The van der Waals surface area contributed by atoms with Crippen molar-refractivity contribution < 1.29 is 4.74 Å². The molecule has 0 saturated heterocycles. The van der Waals surface area contributed by atoms with Crippen LogP contribution in [0.4, 0.5) is 0 Å². The van der Waals surface area contributed by atoms with Gasteiger partial charge >= 0.3 is 0 Å². The number of benzene rings is 1. The third-order valence-corrected chi connectivity index (χ3v) is 2.90. The molecule has 1 aromatic heterocycles. The maximum Gasteiger partial charge on any atom is 0.128 e. The maximum atomic E-state index is 6.03. The summed E-state index contributed by atoms with van der Waals surface area (Å²) >= 11 is 6.03. The fourth-order valence-electron chi connectivity index (χ4n) is 1.72. The van der Waals surface area contributed by atoms with Gasteiger partial charge < -0.3 is 9.30 Å². The molecule has 0 bridgehead atoms. The number of para-hydroxylation sites is 1. The summed E-state index contributed by atoms with van der Waals surface area (Å²) in [5.41, 5.74) is 2.13. The SMILES string of the molecule is CCOc1ccccc1-c1ccc(Cl)n1C. The summed E-state index contributed by atoms with van der Waals surface area (Å²) in [4.78, 5) is 0. The predicted octanol–water partition coefficient (Wildman–Crippen LogP) is 3.74. The minimum atomic E-state index is 0.662. The van der Waals surface area contributed by atoms with Crippen LogP contribution in [0.15, 0.2) is 36.4 Å². The molecule has 0 amide bonds. The van der Waals surface area contributed by atoms with E-state index in [2.05, 4.69) is 0 Å². The van der Waals surface area contributed by atoms with Crippen molar-refractivity contribution in [1.29, 1.82) is 0 Å². The Morgan fingerprint density at radius 3 is 2.56 bits per heavy atom. The van der Waals surface area contributed by atoms with Crippen LogP contribution in [0.25, 0.3) is 11.3 Å². The molecule has 84 valence electrons. The predicted molar refractivity (Wildman–Crippen MR) is 67.0 cm³/mol. The Balaban J connectivity index is 2.51. The van der Waals surface area contributed by atoms with Crippen molar-refractivity contribution in [3.05, 3.63) is 41.6 Å². The van der Waals surface area contributed by atoms with Gasteiger partial charge in [0.2, 0.25) is 0 Å². The molecule has 1 heterocycles. The number of hydrogen-bond donors (Lipinski definition) is 0. The van der Waals surface area contributed by atoms with E-state index in [4.69, 9.17) is 16.3 Å². The first-order valence-corrected chi connectivity index (χ1v) is 5.65.